The highest BCUT2D eigenvalue weighted by molar-refractivity contribution is 8.00. The van der Waals surface area contributed by atoms with Gasteiger partial charge in [-0.25, -0.2) is 9.97 Å². The topological polar surface area (TPSA) is 191 Å². The van der Waals surface area contributed by atoms with Crippen LogP contribution in [0.4, 0.5) is 24.8 Å². The van der Waals surface area contributed by atoms with Crippen LogP contribution in [0.5, 0.6) is 0 Å². The fourth-order valence-corrected chi connectivity index (χ4v) is 1.47. The van der Waals surface area contributed by atoms with Crippen molar-refractivity contribution in [3.63, 3.8) is 0 Å². The van der Waals surface area contributed by atoms with Gasteiger partial charge in [-0.05, 0) is 0 Å². The lowest BCUT2D eigenvalue weighted by molar-refractivity contribution is -0.0329. The molecule has 1 aromatic rings. The number of amides is 1. The van der Waals surface area contributed by atoms with Gasteiger partial charge < -0.3 is 28.4 Å². The molecule has 0 radical (unpaired) electrons. The minimum absolute atomic E-state index is 0. The zero-order valence-electron chi connectivity index (χ0n) is 9.60. The fraction of sp³-hybridized carbons (Fsp3) is 0.143. The number of carbonyl (C=O) groups is 1. The summed E-state index contributed by atoms with van der Waals surface area (Å²) in [5.74, 6) is -2.73. The smallest absolute Gasteiger partial charge is 0.412 e. The van der Waals surface area contributed by atoms with E-state index in [-0.39, 0.29) is 5.48 Å². The molecule has 1 aromatic heterocycles. The minimum atomic E-state index is -4.64. The maximum Gasteiger partial charge on any atom is 0.447 e. The summed E-state index contributed by atoms with van der Waals surface area (Å²) in [6.45, 7) is 0. The zero-order chi connectivity index (χ0) is 14.8. The highest BCUT2D eigenvalue weighted by atomic mass is 32.2. The maximum absolute atomic E-state index is 12.2. The first-order valence-electron chi connectivity index (χ1n) is 4.43. The zero-order valence-corrected chi connectivity index (χ0v) is 10.4. The van der Waals surface area contributed by atoms with Crippen molar-refractivity contribution in [2.24, 2.45) is 16.5 Å². The Labute approximate surface area is 113 Å². The van der Waals surface area contributed by atoms with Gasteiger partial charge in [0, 0.05) is 11.8 Å². The Bertz CT molecular complexity index is 544. The number of aromatic nitrogens is 2. The number of halogens is 3. The second kappa shape index (κ2) is 6.25. The molecule has 0 saturated carbocycles. The predicted octanol–water partition coefficient (Wildman–Crippen LogP) is -1.16. The molecule has 9 nitrogen and oxygen atoms in total. The molecule has 1 rings (SSSR count). The van der Waals surface area contributed by atoms with Crippen molar-refractivity contribution in [2.75, 3.05) is 11.5 Å². The van der Waals surface area contributed by atoms with E-state index in [0.717, 1.165) is 0 Å². The molecule has 0 spiro atoms. The Morgan fingerprint density at radius 3 is 2.15 bits per heavy atom. The molecular weight excluding hydrogens is 303 g/mol. The number of nitrogens with two attached hydrogens (primary N) is 4. The van der Waals surface area contributed by atoms with Crippen molar-refractivity contribution in [3.05, 3.63) is 5.69 Å². The third-order valence-electron chi connectivity index (χ3n) is 1.56. The van der Waals surface area contributed by atoms with Crippen molar-refractivity contribution < 1.29 is 23.4 Å². The SMILES string of the molecule is NC(N)=NC(=O)c1nc(SC(F)(F)F)c(N)nc1N.O. The highest BCUT2D eigenvalue weighted by Gasteiger charge is 2.32. The van der Waals surface area contributed by atoms with Crippen molar-refractivity contribution in [2.45, 2.75) is 10.5 Å². The summed E-state index contributed by atoms with van der Waals surface area (Å²) >= 11 is -0.631. The molecule has 0 fully saturated rings. The quantitative estimate of drug-likeness (QED) is 0.298. The highest BCUT2D eigenvalue weighted by Crippen LogP contribution is 2.38. The number of nitrogens with zero attached hydrogens (tertiary/aromatic N) is 3. The van der Waals surface area contributed by atoms with Gasteiger partial charge in [0.1, 0.15) is 5.03 Å². The van der Waals surface area contributed by atoms with Crippen LogP contribution >= 0.6 is 11.8 Å². The van der Waals surface area contributed by atoms with Gasteiger partial charge in [0.15, 0.2) is 23.3 Å². The number of aliphatic imine (C=N–C) groups is 1. The molecule has 0 atom stereocenters. The molecule has 0 aliphatic heterocycles. The average molecular weight is 313 g/mol. The van der Waals surface area contributed by atoms with E-state index in [0.29, 0.717) is 0 Å². The Balaban J connectivity index is 0.00000361. The second-order valence-corrected chi connectivity index (χ2v) is 4.09. The second-order valence-electron chi connectivity index (χ2n) is 3.04. The Morgan fingerprint density at radius 2 is 1.70 bits per heavy atom. The number of guanidine groups is 1. The molecule has 0 aliphatic rings. The maximum atomic E-state index is 12.2. The molecule has 10 N–H and O–H groups in total. The number of nitrogen functional groups attached to an aromatic ring is 2. The third kappa shape index (κ3) is 4.77. The Hall–Kier alpha value is -2.28. The van der Waals surface area contributed by atoms with Crippen LogP contribution in [0.15, 0.2) is 10.0 Å². The predicted molar refractivity (Wildman–Crippen MR) is 66.5 cm³/mol. The van der Waals surface area contributed by atoms with Crippen molar-refractivity contribution >= 4 is 35.3 Å². The largest absolute Gasteiger partial charge is 0.447 e. The molecule has 0 unspecified atom stereocenters. The van der Waals surface area contributed by atoms with Gasteiger partial charge in [0.25, 0.3) is 0 Å². The van der Waals surface area contributed by atoms with Gasteiger partial charge in [-0.3, -0.25) is 4.79 Å². The summed E-state index contributed by atoms with van der Waals surface area (Å²) in [6.07, 6.45) is 0. The van der Waals surface area contributed by atoms with Crippen LogP contribution in [0.25, 0.3) is 0 Å². The van der Waals surface area contributed by atoms with Crippen LogP contribution in [0, 0.1) is 0 Å². The van der Waals surface area contributed by atoms with Crippen LogP contribution in [0.1, 0.15) is 10.5 Å². The van der Waals surface area contributed by atoms with Crippen LogP contribution in [0.3, 0.4) is 0 Å². The fourth-order valence-electron chi connectivity index (χ4n) is 0.959. The average Bonchev–Trinajstić information content (AvgIpc) is 2.19. The van der Waals surface area contributed by atoms with Gasteiger partial charge in [0.2, 0.25) is 0 Å². The lowest BCUT2D eigenvalue weighted by atomic mass is 10.4. The number of rotatable bonds is 2. The van der Waals surface area contributed by atoms with E-state index in [1.54, 1.807) is 0 Å². The van der Waals surface area contributed by atoms with E-state index in [2.05, 4.69) is 15.0 Å². The minimum Gasteiger partial charge on any atom is -0.412 e. The number of anilines is 2. The van der Waals surface area contributed by atoms with Gasteiger partial charge in [0.05, 0.1) is 0 Å². The summed E-state index contributed by atoms with van der Waals surface area (Å²) < 4.78 is 36.7. The van der Waals surface area contributed by atoms with E-state index in [1.165, 1.54) is 0 Å². The summed E-state index contributed by atoms with van der Waals surface area (Å²) in [4.78, 5) is 21.3. The summed E-state index contributed by atoms with van der Waals surface area (Å²) in [6, 6.07) is 0. The Kier molecular flexibility index (Phi) is 5.53. The summed E-state index contributed by atoms with van der Waals surface area (Å²) in [5, 5.41) is -0.712. The van der Waals surface area contributed by atoms with Crippen LogP contribution in [0.2, 0.25) is 0 Å². The van der Waals surface area contributed by atoms with E-state index in [9.17, 15) is 18.0 Å². The number of hydrogen-bond acceptors (Lipinski definition) is 6. The van der Waals surface area contributed by atoms with Gasteiger partial charge in [-0.15, -0.1) is 0 Å². The first-order valence-corrected chi connectivity index (χ1v) is 5.24. The van der Waals surface area contributed by atoms with Crippen molar-refractivity contribution in [1.82, 2.24) is 9.97 Å². The lowest BCUT2D eigenvalue weighted by Crippen LogP contribution is -2.25. The first kappa shape index (κ1) is 17.7. The summed E-state index contributed by atoms with van der Waals surface area (Å²) in [7, 11) is 0. The lowest BCUT2D eigenvalue weighted by Gasteiger charge is -2.09. The summed E-state index contributed by atoms with van der Waals surface area (Å²) in [5.41, 5.74) is 15.2. The van der Waals surface area contributed by atoms with Crippen LogP contribution < -0.4 is 22.9 Å². The molecule has 1 heterocycles. The van der Waals surface area contributed by atoms with Crippen molar-refractivity contribution in [1.29, 1.82) is 0 Å². The van der Waals surface area contributed by atoms with E-state index in [4.69, 9.17) is 22.9 Å². The molecular formula is C7H10F3N7O2S. The number of thioether (sulfide) groups is 1. The van der Waals surface area contributed by atoms with Gasteiger partial charge >= 0.3 is 11.4 Å². The first-order chi connectivity index (χ1) is 8.60. The van der Waals surface area contributed by atoms with E-state index < -0.39 is 51.5 Å². The van der Waals surface area contributed by atoms with Crippen molar-refractivity contribution in [3.8, 4) is 0 Å². The van der Waals surface area contributed by atoms with E-state index in [1.807, 2.05) is 0 Å². The number of alkyl halides is 3. The molecule has 112 valence electrons. The van der Waals surface area contributed by atoms with Gasteiger partial charge in [-0.1, -0.05) is 0 Å². The molecule has 1 amide bonds. The van der Waals surface area contributed by atoms with Gasteiger partial charge in [-0.2, -0.15) is 18.2 Å². The molecule has 0 aliphatic carbocycles. The van der Waals surface area contributed by atoms with Crippen LogP contribution in [-0.4, -0.2) is 32.8 Å². The third-order valence-corrected chi connectivity index (χ3v) is 2.29. The standard InChI is InChI=1S/C7H8F3N7OS.H2O/c8-7(9,10)19-5-3(12)16-2(11)1(15-5)4(18)17-6(13)14;/h(H4,11,12,16)(H4,13,14,17,18);1H2. The molecule has 13 heteroatoms. The molecule has 0 bridgehead atoms. The normalized spacial score (nSPS) is 10.6. The number of hydrogen-bond donors (Lipinski definition) is 4. The Morgan fingerprint density at radius 1 is 1.15 bits per heavy atom. The van der Waals surface area contributed by atoms with Crippen LogP contribution in [-0.2, 0) is 0 Å². The van der Waals surface area contributed by atoms with E-state index >= 15 is 0 Å². The number of carbonyl (C=O) groups excluding carboxylic acids is 1. The molecule has 0 aromatic carbocycles. The monoisotopic (exact) mass is 313 g/mol. The molecule has 0 saturated heterocycles. The molecule has 20 heavy (non-hydrogen) atoms.